The first-order chi connectivity index (χ1) is 6.28. The van der Waals surface area contributed by atoms with Crippen LogP contribution in [0.5, 0.6) is 0 Å². The van der Waals surface area contributed by atoms with Gasteiger partial charge < -0.3 is 19.3 Å². The van der Waals surface area contributed by atoms with Crippen LogP contribution in [0.4, 0.5) is 0 Å². The van der Waals surface area contributed by atoms with E-state index >= 15 is 0 Å². The third kappa shape index (κ3) is 5.57. The summed E-state index contributed by atoms with van der Waals surface area (Å²) in [6.45, 7) is 2.18. The highest BCUT2D eigenvalue weighted by molar-refractivity contribution is 5.36. The molecule has 0 saturated heterocycles. The van der Waals surface area contributed by atoms with Gasteiger partial charge in [-0.3, -0.25) is 4.79 Å². The molecule has 2 atom stereocenters. The third-order valence-electron chi connectivity index (χ3n) is 1.57. The quantitative estimate of drug-likeness (QED) is 0.430. The van der Waals surface area contributed by atoms with Gasteiger partial charge in [0.2, 0.25) is 0 Å². The number of carbonyl (C=O) groups excluding carboxylic acids is 1. The maximum absolute atomic E-state index is 9.87. The van der Waals surface area contributed by atoms with E-state index in [2.05, 4.69) is 4.74 Å². The fourth-order valence-electron chi connectivity index (χ4n) is 0.764. The van der Waals surface area contributed by atoms with Crippen LogP contribution in [0.15, 0.2) is 0 Å². The van der Waals surface area contributed by atoms with Gasteiger partial charge in [-0.15, -0.1) is 0 Å². The summed E-state index contributed by atoms with van der Waals surface area (Å²) in [6, 6.07) is 0. The molecule has 0 bridgehead atoms. The fourth-order valence-corrected chi connectivity index (χ4v) is 0.764. The van der Waals surface area contributed by atoms with Crippen molar-refractivity contribution in [2.45, 2.75) is 25.7 Å². The third-order valence-corrected chi connectivity index (χ3v) is 1.57. The molecule has 13 heavy (non-hydrogen) atoms. The van der Waals surface area contributed by atoms with Gasteiger partial charge in [-0.05, 0) is 6.42 Å². The topological polar surface area (TPSA) is 65.0 Å². The Labute approximate surface area is 77.6 Å². The summed E-state index contributed by atoms with van der Waals surface area (Å²) in [5, 5.41) is 8.80. The lowest BCUT2D eigenvalue weighted by Gasteiger charge is -2.20. The normalized spacial score (nSPS) is 15.0. The van der Waals surface area contributed by atoms with Crippen LogP contribution < -0.4 is 0 Å². The van der Waals surface area contributed by atoms with Gasteiger partial charge in [-0.25, -0.2) is 0 Å². The van der Waals surface area contributed by atoms with E-state index in [0.717, 1.165) is 0 Å². The van der Waals surface area contributed by atoms with E-state index < -0.39 is 6.29 Å². The molecule has 0 heterocycles. The van der Waals surface area contributed by atoms with Crippen molar-refractivity contribution in [3.8, 4) is 0 Å². The Morgan fingerprint density at radius 1 is 1.54 bits per heavy atom. The van der Waals surface area contributed by atoms with E-state index in [0.29, 0.717) is 12.9 Å². The number of rotatable bonds is 8. The Kier molecular flexibility index (Phi) is 7.57. The van der Waals surface area contributed by atoms with Crippen LogP contribution in [0.2, 0.25) is 0 Å². The monoisotopic (exact) mass is 192 g/mol. The van der Waals surface area contributed by atoms with Crippen molar-refractivity contribution in [3.63, 3.8) is 0 Å². The van der Waals surface area contributed by atoms with Crippen LogP contribution in [0.3, 0.4) is 0 Å². The molecule has 0 aromatic heterocycles. The molecule has 0 rings (SSSR count). The standard InChI is InChI=1S/C8H16O5/c1-3-7(4-9)13-8(11-2)5-12-6-10/h6-9H,3-5H2,1-2H3. The van der Waals surface area contributed by atoms with E-state index in [1.165, 1.54) is 7.11 Å². The molecule has 2 unspecified atom stereocenters. The molecule has 0 aliphatic rings. The molecule has 0 aromatic rings. The average molecular weight is 192 g/mol. The zero-order valence-corrected chi connectivity index (χ0v) is 7.93. The van der Waals surface area contributed by atoms with Gasteiger partial charge in [-0.1, -0.05) is 6.92 Å². The van der Waals surface area contributed by atoms with Gasteiger partial charge in [0.25, 0.3) is 6.47 Å². The lowest BCUT2D eigenvalue weighted by atomic mass is 10.3. The van der Waals surface area contributed by atoms with Gasteiger partial charge in [0.15, 0.2) is 6.29 Å². The first-order valence-corrected chi connectivity index (χ1v) is 4.12. The summed E-state index contributed by atoms with van der Waals surface area (Å²) in [6.07, 6.45) is -0.209. The Balaban J connectivity index is 3.73. The molecule has 0 aliphatic carbocycles. The summed E-state index contributed by atoms with van der Waals surface area (Å²) in [5.74, 6) is 0. The molecule has 1 N–H and O–H groups in total. The molecule has 0 radical (unpaired) electrons. The molecule has 5 heteroatoms. The highest BCUT2D eigenvalue weighted by Gasteiger charge is 2.14. The second-order valence-electron chi connectivity index (χ2n) is 2.44. The highest BCUT2D eigenvalue weighted by atomic mass is 16.7. The number of ether oxygens (including phenoxy) is 3. The van der Waals surface area contributed by atoms with Gasteiger partial charge >= 0.3 is 0 Å². The second kappa shape index (κ2) is 7.97. The Morgan fingerprint density at radius 2 is 2.23 bits per heavy atom. The van der Waals surface area contributed by atoms with E-state index in [-0.39, 0.29) is 19.3 Å². The molecule has 0 aromatic carbocycles. The first kappa shape index (κ1) is 12.3. The Hall–Kier alpha value is -0.650. The maximum Gasteiger partial charge on any atom is 0.293 e. The maximum atomic E-state index is 9.87. The molecule has 0 amide bonds. The fraction of sp³-hybridized carbons (Fsp3) is 0.875. The number of aliphatic hydroxyl groups is 1. The molecule has 0 aliphatic heterocycles. The SMILES string of the molecule is CCC(CO)OC(COC=O)OC. The van der Waals surface area contributed by atoms with E-state index in [1.807, 2.05) is 6.92 Å². The van der Waals surface area contributed by atoms with Crippen molar-refractivity contribution in [1.29, 1.82) is 0 Å². The first-order valence-electron chi connectivity index (χ1n) is 4.12. The summed E-state index contributed by atoms with van der Waals surface area (Å²) in [5.41, 5.74) is 0. The van der Waals surface area contributed by atoms with Crippen molar-refractivity contribution in [2.24, 2.45) is 0 Å². The van der Waals surface area contributed by atoms with Gasteiger partial charge in [0.05, 0.1) is 12.7 Å². The van der Waals surface area contributed by atoms with Crippen LogP contribution in [0.25, 0.3) is 0 Å². The number of hydrogen-bond donors (Lipinski definition) is 1. The minimum absolute atomic E-state index is 0.0382. The number of hydrogen-bond acceptors (Lipinski definition) is 5. The molecule has 0 saturated carbocycles. The predicted octanol–water partition coefficient (Wildman–Crippen LogP) is -0.0806. The lowest BCUT2D eigenvalue weighted by molar-refractivity contribution is -0.189. The van der Waals surface area contributed by atoms with E-state index in [4.69, 9.17) is 14.6 Å². The molecule has 5 nitrogen and oxygen atoms in total. The Bertz CT molecular complexity index is 124. The minimum atomic E-state index is -0.609. The zero-order valence-electron chi connectivity index (χ0n) is 7.93. The summed E-state index contributed by atoms with van der Waals surface area (Å²) >= 11 is 0. The molecule has 0 fully saturated rings. The summed E-state index contributed by atoms with van der Waals surface area (Å²) in [4.78, 5) is 9.87. The zero-order chi connectivity index (χ0) is 10.1. The van der Waals surface area contributed by atoms with Crippen molar-refractivity contribution >= 4 is 6.47 Å². The smallest absolute Gasteiger partial charge is 0.293 e. The predicted molar refractivity (Wildman–Crippen MR) is 45.1 cm³/mol. The van der Waals surface area contributed by atoms with Crippen LogP contribution in [-0.4, -0.2) is 44.3 Å². The van der Waals surface area contributed by atoms with Gasteiger partial charge in [0.1, 0.15) is 6.61 Å². The van der Waals surface area contributed by atoms with Crippen molar-refractivity contribution < 1.29 is 24.1 Å². The van der Waals surface area contributed by atoms with Crippen LogP contribution in [0, 0.1) is 0 Å². The van der Waals surface area contributed by atoms with Crippen molar-refractivity contribution in [3.05, 3.63) is 0 Å². The van der Waals surface area contributed by atoms with E-state index in [9.17, 15) is 4.79 Å². The molecular formula is C8H16O5. The number of carbonyl (C=O) groups is 1. The second-order valence-corrected chi connectivity index (χ2v) is 2.44. The van der Waals surface area contributed by atoms with Crippen LogP contribution >= 0.6 is 0 Å². The average Bonchev–Trinajstić information content (AvgIpc) is 2.19. The van der Waals surface area contributed by atoms with E-state index in [1.54, 1.807) is 0 Å². The molecule has 0 spiro atoms. The van der Waals surface area contributed by atoms with Gasteiger partial charge in [0, 0.05) is 7.11 Å². The lowest BCUT2D eigenvalue weighted by Crippen LogP contribution is -2.29. The summed E-state index contributed by atoms with van der Waals surface area (Å²) < 4.78 is 14.6. The largest absolute Gasteiger partial charge is 0.462 e. The number of methoxy groups -OCH3 is 1. The summed E-state index contributed by atoms with van der Waals surface area (Å²) in [7, 11) is 1.45. The minimum Gasteiger partial charge on any atom is -0.462 e. The highest BCUT2D eigenvalue weighted by Crippen LogP contribution is 2.03. The van der Waals surface area contributed by atoms with Gasteiger partial charge in [-0.2, -0.15) is 0 Å². The van der Waals surface area contributed by atoms with Crippen molar-refractivity contribution in [2.75, 3.05) is 20.3 Å². The Morgan fingerprint density at radius 3 is 2.62 bits per heavy atom. The molecule has 78 valence electrons. The van der Waals surface area contributed by atoms with Crippen molar-refractivity contribution in [1.82, 2.24) is 0 Å². The van der Waals surface area contributed by atoms with Crippen LogP contribution in [0.1, 0.15) is 13.3 Å². The van der Waals surface area contributed by atoms with Crippen LogP contribution in [-0.2, 0) is 19.0 Å². The molecular weight excluding hydrogens is 176 g/mol. The number of aliphatic hydroxyl groups excluding tert-OH is 1.